The Morgan fingerprint density at radius 3 is 2.69 bits per heavy atom. The Morgan fingerprint density at radius 2 is 1.88 bits per heavy atom. The number of carbonyl (C=O) groups excluding carboxylic acids is 1. The summed E-state index contributed by atoms with van der Waals surface area (Å²) in [5.41, 5.74) is 0.702. The van der Waals surface area contributed by atoms with Crippen molar-refractivity contribution in [1.82, 2.24) is 4.90 Å². The van der Waals surface area contributed by atoms with E-state index in [1.54, 1.807) is 6.07 Å². The molecule has 0 aliphatic carbocycles. The highest BCUT2D eigenvalue weighted by atomic mass is 16.5. The number of hydrogen-bond acceptors (Lipinski definition) is 5. The third-order valence-electron chi connectivity index (χ3n) is 3.93. The smallest absolute Gasteiger partial charge is 0.238 e. The van der Waals surface area contributed by atoms with Gasteiger partial charge in [0.05, 0.1) is 19.8 Å². The molecule has 3 rings (SSSR count). The molecule has 1 heterocycles. The van der Waals surface area contributed by atoms with Crippen molar-refractivity contribution in [1.29, 1.82) is 0 Å². The van der Waals surface area contributed by atoms with Gasteiger partial charge in [0.1, 0.15) is 12.4 Å². The van der Waals surface area contributed by atoms with Crippen LogP contribution in [0.1, 0.15) is 6.42 Å². The first-order chi connectivity index (χ1) is 12.7. The largest absolute Gasteiger partial charge is 0.492 e. The summed E-state index contributed by atoms with van der Waals surface area (Å²) < 4.78 is 16.9. The van der Waals surface area contributed by atoms with Crippen LogP contribution in [0.3, 0.4) is 0 Å². The Kier molecular flexibility index (Phi) is 6.33. The first-order valence-corrected chi connectivity index (χ1v) is 8.76. The number of para-hydroxylation sites is 1. The highest BCUT2D eigenvalue weighted by molar-refractivity contribution is 5.92. The normalized spacial score (nSPS) is 13.2. The van der Waals surface area contributed by atoms with Crippen LogP contribution in [-0.2, 0) is 4.79 Å². The van der Waals surface area contributed by atoms with Crippen LogP contribution in [0.15, 0.2) is 48.5 Å². The molecule has 0 radical (unpaired) electrons. The van der Waals surface area contributed by atoms with Crippen molar-refractivity contribution in [2.45, 2.75) is 6.42 Å². The molecule has 0 spiro atoms. The Morgan fingerprint density at radius 1 is 1.12 bits per heavy atom. The van der Waals surface area contributed by atoms with Gasteiger partial charge in [-0.2, -0.15) is 0 Å². The molecule has 1 aliphatic rings. The molecule has 0 atom stereocenters. The molecule has 1 amide bonds. The number of benzene rings is 2. The molecule has 6 nitrogen and oxygen atoms in total. The fraction of sp³-hybridized carbons (Fsp3) is 0.350. The van der Waals surface area contributed by atoms with Crippen molar-refractivity contribution >= 4 is 11.6 Å². The van der Waals surface area contributed by atoms with Gasteiger partial charge in [-0.05, 0) is 31.3 Å². The van der Waals surface area contributed by atoms with E-state index in [0.29, 0.717) is 37.8 Å². The van der Waals surface area contributed by atoms with Crippen molar-refractivity contribution in [2.24, 2.45) is 0 Å². The molecular weight excluding hydrogens is 332 g/mol. The van der Waals surface area contributed by atoms with Crippen LogP contribution in [0.5, 0.6) is 17.2 Å². The molecule has 0 saturated heterocycles. The minimum Gasteiger partial charge on any atom is -0.492 e. The van der Waals surface area contributed by atoms with E-state index in [2.05, 4.69) is 5.32 Å². The molecule has 2 aromatic rings. The second-order valence-corrected chi connectivity index (χ2v) is 6.16. The number of likely N-dealkylation sites (N-methyl/N-ethyl adjacent to an activating group) is 1. The Hall–Kier alpha value is -2.73. The van der Waals surface area contributed by atoms with Gasteiger partial charge >= 0.3 is 0 Å². The van der Waals surface area contributed by atoms with Crippen molar-refractivity contribution < 1.29 is 19.0 Å². The zero-order valence-electron chi connectivity index (χ0n) is 14.9. The van der Waals surface area contributed by atoms with Crippen LogP contribution in [0, 0.1) is 0 Å². The third kappa shape index (κ3) is 5.39. The minimum absolute atomic E-state index is 0.0818. The quantitative estimate of drug-likeness (QED) is 0.827. The van der Waals surface area contributed by atoms with E-state index >= 15 is 0 Å². The number of anilines is 1. The molecule has 1 aliphatic heterocycles. The lowest BCUT2D eigenvalue weighted by atomic mass is 10.2. The summed E-state index contributed by atoms with van der Waals surface area (Å²) >= 11 is 0. The molecule has 2 aromatic carbocycles. The van der Waals surface area contributed by atoms with E-state index in [1.807, 2.05) is 54.4 Å². The summed E-state index contributed by atoms with van der Waals surface area (Å²) in [6.07, 6.45) is 0.853. The van der Waals surface area contributed by atoms with Gasteiger partial charge in [-0.25, -0.2) is 0 Å². The summed E-state index contributed by atoms with van der Waals surface area (Å²) in [6.45, 7) is 2.73. The molecular formula is C20H24N2O4. The fourth-order valence-electron chi connectivity index (χ4n) is 2.60. The molecule has 6 heteroatoms. The number of ether oxygens (including phenoxy) is 3. The zero-order valence-corrected chi connectivity index (χ0v) is 14.9. The number of amides is 1. The fourth-order valence-corrected chi connectivity index (χ4v) is 2.60. The van der Waals surface area contributed by atoms with Crippen LogP contribution < -0.4 is 19.5 Å². The lowest BCUT2D eigenvalue weighted by Crippen LogP contribution is -2.33. The number of carbonyl (C=O) groups is 1. The predicted octanol–water partition coefficient (Wildman–Crippen LogP) is 2.80. The predicted molar refractivity (Wildman–Crippen MR) is 100 cm³/mol. The lowest BCUT2D eigenvalue weighted by Gasteiger charge is -2.17. The van der Waals surface area contributed by atoms with E-state index in [0.717, 1.165) is 17.9 Å². The van der Waals surface area contributed by atoms with Gasteiger partial charge in [0.15, 0.2) is 11.5 Å². The van der Waals surface area contributed by atoms with Crippen molar-refractivity contribution in [3.8, 4) is 17.2 Å². The second-order valence-electron chi connectivity index (χ2n) is 6.16. The van der Waals surface area contributed by atoms with E-state index in [-0.39, 0.29) is 12.5 Å². The van der Waals surface area contributed by atoms with Crippen LogP contribution in [-0.4, -0.2) is 50.8 Å². The maximum absolute atomic E-state index is 12.2. The standard InChI is InChI=1S/C20H24N2O4/c1-22(10-13-24-17-6-3-2-4-7-17)15-20(23)21-16-8-9-18-19(14-16)26-12-5-11-25-18/h2-4,6-9,14H,5,10-13,15H2,1H3,(H,21,23). The third-order valence-corrected chi connectivity index (χ3v) is 3.93. The van der Waals surface area contributed by atoms with E-state index in [9.17, 15) is 4.79 Å². The number of fused-ring (bicyclic) bond motifs is 1. The van der Waals surface area contributed by atoms with Gasteiger partial charge in [-0.1, -0.05) is 18.2 Å². The van der Waals surface area contributed by atoms with Crippen LogP contribution in [0.25, 0.3) is 0 Å². The summed E-state index contributed by atoms with van der Waals surface area (Å²) in [5.74, 6) is 2.14. The van der Waals surface area contributed by atoms with Gasteiger partial charge in [0.2, 0.25) is 5.91 Å². The average molecular weight is 356 g/mol. The monoisotopic (exact) mass is 356 g/mol. The summed E-state index contributed by atoms with van der Waals surface area (Å²) in [4.78, 5) is 14.1. The van der Waals surface area contributed by atoms with E-state index in [1.165, 1.54) is 0 Å². The number of nitrogens with zero attached hydrogens (tertiary/aromatic N) is 1. The topological polar surface area (TPSA) is 60.0 Å². The van der Waals surface area contributed by atoms with E-state index in [4.69, 9.17) is 14.2 Å². The highest BCUT2D eigenvalue weighted by Crippen LogP contribution is 2.32. The van der Waals surface area contributed by atoms with Gasteiger partial charge in [0, 0.05) is 24.7 Å². The first kappa shape index (κ1) is 18.1. The summed E-state index contributed by atoms with van der Waals surface area (Å²) in [6, 6.07) is 15.1. The minimum atomic E-state index is -0.0818. The summed E-state index contributed by atoms with van der Waals surface area (Å²) in [7, 11) is 1.89. The van der Waals surface area contributed by atoms with Crippen LogP contribution in [0.4, 0.5) is 5.69 Å². The SMILES string of the molecule is CN(CCOc1ccccc1)CC(=O)Nc1ccc2c(c1)OCCCO2. The van der Waals surface area contributed by atoms with Gasteiger partial charge in [0.25, 0.3) is 0 Å². The van der Waals surface area contributed by atoms with Crippen LogP contribution in [0.2, 0.25) is 0 Å². The Balaban J connectivity index is 1.44. The maximum Gasteiger partial charge on any atom is 0.238 e. The Bertz CT molecular complexity index is 721. The maximum atomic E-state index is 12.2. The molecule has 0 aromatic heterocycles. The molecule has 1 N–H and O–H groups in total. The highest BCUT2D eigenvalue weighted by Gasteiger charge is 2.12. The van der Waals surface area contributed by atoms with Gasteiger partial charge in [-0.3, -0.25) is 9.69 Å². The lowest BCUT2D eigenvalue weighted by molar-refractivity contribution is -0.117. The van der Waals surface area contributed by atoms with Crippen molar-refractivity contribution in [3.63, 3.8) is 0 Å². The molecule has 0 fully saturated rings. The molecule has 0 unspecified atom stereocenters. The first-order valence-electron chi connectivity index (χ1n) is 8.76. The zero-order chi connectivity index (χ0) is 18.2. The van der Waals surface area contributed by atoms with Gasteiger partial charge in [-0.15, -0.1) is 0 Å². The van der Waals surface area contributed by atoms with Crippen LogP contribution >= 0.6 is 0 Å². The van der Waals surface area contributed by atoms with E-state index < -0.39 is 0 Å². The molecule has 0 bridgehead atoms. The summed E-state index contributed by atoms with van der Waals surface area (Å²) in [5, 5.41) is 2.89. The number of rotatable bonds is 7. The van der Waals surface area contributed by atoms with Crippen molar-refractivity contribution in [2.75, 3.05) is 45.3 Å². The second kappa shape index (κ2) is 9.10. The molecule has 26 heavy (non-hydrogen) atoms. The molecule has 0 saturated carbocycles. The van der Waals surface area contributed by atoms with Gasteiger partial charge < -0.3 is 19.5 Å². The average Bonchev–Trinajstić information content (AvgIpc) is 2.87. The number of nitrogens with one attached hydrogen (secondary N) is 1. The number of hydrogen-bond donors (Lipinski definition) is 1. The van der Waals surface area contributed by atoms with Crippen molar-refractivity contribution in [3.05, 3.63) is 48.5 Å². The Labute approximate surface area is 153 Å². The molecule has 138 valence electrons.